The van der Waals surface area contributed by atoms with Gasteiger partial charge in [-0.1, -0.05) is 0 Å². The second-order valence-electron chi connectivity index (χ2n) is 7.61. The Morgan fingerprint density at radius 1 is 1.25 bits per heavy atom. The smallest absolute Gasteiger partial charge is 0.246 e. The molecule has 0 spiro atoms. The van der Waals surface area contributed by atoms with Gasteiger partial charge in [-0.25, -0.2) is 12.7 Å². The first-order valence-electron chi connectivity index (χ1n) is 9.55. The highest BCUT2D eigenvalue weighted by atomic mass is 35.5. The first-order chi connectivity index (χ1) is 12.8. The van der Waals surface area contributed by atoms with Gasteiger partial charge in [0.05, 0.1) is 6.61 Å². The van der Waals surface area contributed by atoms with Crippen LogP contribution in [-0.2, 0) is 14.8 Å². The van der Waals surface area contributed by atoms with E-state index < -0.39 is 10.0 Å². The highest BCUT2D eigenvalue weighted by Crippen LogP contribution is 2.33. The molecule has 2 fully saturated rings. The fraction of sp³-hybridized carbons (Fsp3) is 0.632. The molecule has 1 aromatic rings. The molecule has 28 heavy (non-hydrogen) atoms. The van der Waals surface area contributed by atoms with Crippen molar-refractivity contribution in [1.82, 2.24) is 9.62 Å². The SMILES string of the molecule is CCOc1ccc(NC(=O)CC2CC3CCC(C2)N3)cc1S(=O)(=O)N(C)C.Cl. The zero-order valence-electron chi connectivity index (χ0n) is 16.6. The van der Waals surface area contributed by atoms with E-state index in [1.54, 1.807) is 19.1 Å². The number of piperidine rings is 1. The van der Waals surface area contributed by atoms with Crippen molar-refractivity contribution in [2.24, 2.45) is 5.92 Å². The first kappa shape index (κ1) is 22.9. The van der Waals surface area contributed by atoms with Gasteiger partial charge >= 0.3 is 0 Å². The van der Waals surface area contributed by atoms with E-state index in [1.165, 1.54) is 33.0 Å². The second kappa shape index (κ2) is 9.43. The predicted molar refractivity (Wildman–Crippen MR) is 112 cm³/mol. The number of hydrogen-bond acceptors (Lipinski definition) is 5. The molecule has 3 rings (SSSR count). The highest BCUT2D eigenvalue weighted by molar-refractivity contribution is 7.89. The largest absolute Gasteiger partial charge is 0.492 e. The van der Waals surface area contributed by atoms with Crippen molar-refractivity contribution in [2.45, 2.75) is 56.0 Å². The summed E-state index contributed by atoms with van der Waals surface area (Å²) in [7, 11) is -0.725. The third-order valence-corrected chi connectivity index (χ3v) is 7.17. The third-order valence-electron chi connectivity index (χ3n) is 5.33. The summed E-state index contributed by atoms with van der Waals surface area (Å²) in [6.07, 6.45) is 4.94. The standard InChI is InChI=1S/C19H29N3O4S.ClH/c1-4-26-17-8-7-16(12-18(17)27(24,25)22(2)3)21-19(23)11-13-9-14-5-6-15(10-13)20-14;/h7-8,12-15,20H,4-6,9-11H2,1-3H3,(H,21,23);1H. The van der Waals surface area contributed by atoms with Crippen LogP contribution in [0.1, 0.15) is 39.0 Å². The molecule has 2 aliphatic heterocycles. The van der Waals surface area contributed by atoms with Crippen molar-refractivity contribution in [1.29, 1.82) is 0 Å². The minimum absolute atomic E-state index is 0. The van der Waals surface area contributed by atoms with Gasteiger partial charge in [0.15, 0.2) is 0 Å². The van der Waals surface area contributed by atoms with Crippen molar-refractivity contribution in [2.75, 3.05) is 26.0 Å². The van der Waals surface area contributed by atoms with Crippen molar-refractivity contribution in [3.8, 4) is 5.75 Å². The minimum atomic E-state index is -3.67. The molecule has 2 heterocycles. The van der Waals surface area contributed by atoms with E-state index in [0.29, 0.717) is 42.5 Å². The molecule has 7 nitrogen and oxygen atoms in total. The number of carbonyl (C=O) groups is 1. The molecule has 1 amide bonds. The summed E-state index contributed by atoms with van der Waals surface area (Å²) in [5.41, 5.74) is 0.473. The highest BCUT2D eigenvalue weighted by Gasteiger charge is 2.34. The van der Waals surface area contributed by atoms with E-state index >= 15 is 0 Å². The predicted octanol–water partition coefficient (Wildman–Crippen LogP) is 2.62. The second-order valence-corrected chi connectivity index (χ2v) is 9.73. The maximum absolute atomic E-state index is 12.6. The number of hydrogen-bond donors (Lipinski definition) is 2. The van der Waals surface area contributed by atoms with Crippen LogP contribution in [0.25, 0.3) is 0 Å². The fourth-order valence-electron chi connectivity index (χ4n) is 4.07. The Hall–Kier alpha value is -1.35. The maximum atomic E-state index is 12.6. The summed E-state index contributed by atoms with van der Waals surface area (Å²) >= 11 is 0. The lowest BCUT2D eigenvalue weighted by Crippen LogP contribution is -2.39. The van der Waals surface area contributed by atoms with Crippen molar-refractivity contribution < 1.29 is 17.9 Å². The average Bonchev–Trinajstić information content (AvgIpc) is 2.94. The van der Waals surface area contributed by atoms with Gasteiger partial charge in [0, 0.05) is 38.3 Å². The van der Waals surface area contributed by atoms with Crippen LogP contribution in [0.2, 0.25) is 0 Å². The third kappa shape index (κ3) is 5.17. The summed E-state index contributed by atoms with van der Waals surface area (Å²) in [5.74, 6) is 0.606. The number of carbonyl (C=O) groups excluding carboxylic acids is 1. The first-order valence-corrected chi connectivity index (χ1v) is 11.0. The van der Waals surface area contributed by atoms with Crippen molar-refractivity contribution in [3.05, 3.63) is 18.2 Å². The average molecular weight is 432 g/mol. The summed E-state index contributed by atoms with van der Waals surface area (Å²) in [6.45, 7) is 2.16. The Labute approximate surface area is 173 Å². The molecular formula is C19H30ClN3O4S. The lowest BCUT2D eigenvalue weighted by atomic mass is 9.89. The van der Waals surface area contributed by atoms with Crippen LogP contribution in [0.4, 0.5) is 5.69 Å². The number of fused-ring (bicyclic) bond motifs is 2. The van der Waals surface area contributed by atoms with Crippen LogP contribution in [0.15, 0.2) is 23.1 Å². The molecule has 2 saturated heterocycles. The lowest BCUT2D eigenvalue weighted by molar-refractivity contribution is -0.117. The zero-order valence-corrected chi connectivity index (χ0v) is 18.2. The Kier molecular flexibility index (Phi) is 7.73. The van der Waals surface area contributed by atoms with Gasteiger partial charge in [-0.3, -0.25) is 4.79 Å². The number of rotatable bonds is 7. The van der Waals surface area contributed by atoms with E-state index in [4.69, 9.17) is 4.74 Å². The molecule has 2 unspecified atom stereocenters. The topological polar surface area (TPSA) is 87.7 Å². The van der Waals surface area contributed by atoms with Crippen LogP contribution < -0.4 is 15.4 Å². The molecule has 0 aliphatic carbocycles. The summed E-state index contributed by atoms with van der Waals surface area (Å²) in [6, 6.07) is 5.85. The summed E-state index contributed by atoms with van der Waals surface area (Å²) < 4.78 is 31.8. The lowest BCUT2D eigenvalue weighted by Gasteiger charge is -2.28. The number of anilines is 1. The van der Waals surface area contributed by atoms with Crippen molar-refractivity contribution in [3.63, 3.8) is 0 Å². The van der Waals surface area contributed by atoms with Crippen LogP contribution in [0.3, 0.4) is 0 Å². The maximum Gasteiger partial charge on any atom is 0.246 e. The molecule has 2 atom stereocenters. The number of halogens is 1. The molecule has 1 aromatic carbocycles. The zero-order chi connectivity index (χ0) is 19.6. The molecule has 2 bridgehead atoms. The van der Waals surface area contributed by atoms with Crippen molar-refractivity contribution >= 4 is 34.0 Å². The molecule has 158 valence electrons. The van der Waals surface area contributed by atoms with Gasteiger partial charge in [0.2, 0.25) is 15.9 Å². The molecule has 0 radical (unpaired) electrons. The van der Waals surface area contributed by atoms with Crippen LogP contribution in [0, 0.1) is 5.92 Å². The van der Waals surface area contributed by atoms with E-state index in [0.717, 1.165) is 17.1 Å². The van der Waals surface area contributed by atoms with E-state index in [9.17, 15) is 13.2 Å². The minimum Gasteiger partial charge on any atom is -0.492 e. The van der Waals surface area contributed by atoms with Gasteiger partial charge in [0.1, 0.15) is 10.6 Å². The quantitative estimate of drug-likeness (QED) is 0.692. The van der Waals surface area contributed by atoms with E-state index in [2.05, 4.69) is 10.6 Å². The Morgan fingerprint density at radius 2 is 1.89 bits per heavy atom. The van der Waals surface area contributed by atoms with Crippen LogP contribution in [-0.4, -0.2) is 51.4 Å². The number of ether oxygens (including phenoxy) is 1. The van der Waals surface area contributed by atoms with E-state index in [-0.39, 0.29) is 23.2 Å². The van der Waals surface area contributed by atoms with Gasteiger partial charge in [-0.15, -0.1) is 12.4 Å². The molecule has 0 saturated carbocycles. The Bertz CT molecular complexity index is 788. The fourth-order valence-corrected chi connectivity index (χ4v) is 5.13. The Balaban J connectivity index is 0.00000280. The summed E-state index contributed by atoms with van der Waals surface area (Å²) in [5, 5.41) is 6.44. The molecule has 2 N–H and O–H groups in total. The molecule has 9 heteroatoms. The number of amides is 1. The van der Waals surface area contributed by atoms with Gasteiger partial charge in [0.25, 0.3) is 0 Å². The van der Waals surface area contributed by atoms with Crippen LogP contribution >= 0.6 is 12.4 Å². The normalized spacial score (nSPS) is 23.9. The monoisotopic (exact) mass is 431 g/mol. The number of benzene rings is 1. The number of nitrogens with one attached hydrogen (secondary N) is 2. The van der Waals surface area contributed by atoms with Gasteiger partial charge in [-0.2, -0.15) is 0 Å². The van der Waals surface area contributed by atoms with Gasteiger partial charge in [-0.05, 0) is 56.7 Å². The number of nitrogens with zero attached hydrogens (tertiary/aromatic N) is 1. The Morgan fingerprint density at radius 3 is 2.46 bits per heavy atom. The number of sulfonamides is 1. The molecule has 2 aliphatic rings. The van der Waals surface area contributed by atoms with Crippen LogP contribution in [0.5, 0.6) is 5.75 Å². The van der Waals surface area contributed by atoms with Gasteiger partial charge < -0.3 is 15.4 Å². The molecule has 0 aromatic heterocycles. The summed E-state index contributed by atoms with van der Waals surface area (Å²) in [4.78, 5) is 12.6. The van der Waals surface area contributed by atoms with E-state index in [1.807, 2.05) is 0 Å². The molecular weight excluding hydrogens is 402 g/mol.